The molecule has 3 rings (SSSR count). The molecule has 26 heavy (non-hydrogen) atoms. The number of benzene rings is 2. The van der Waals surface area contributed by atoms with E-state index in [0.717, 1.165) is 16.8 Å². The van der Waals surface area contributed by atoms with Gasteiger partial charge in [0.25, 0.3) is 5.69 Å². The number of furan rings is 1. The maximum absolute atomic E-state index is 11.4. The van der Waals surface area contributed by atoms with E-state index >= 15 is 0 Å². The van der Waals surface area contributed by atoms with Gasteiger partial charge in [-0.2, -0.15) is 0 Å². The predicted molar refractivity (Wildman–Crippen MR) is 103 cm³/mol. The molecule has 3 aromatic rings. The number of hydrogen-bond donors (Lipinski definition) is 0. The highest BCUT2D eigenvalue weighted by Gasteiger charge is 2.19. The minimum absolute atomic E-state index is 0.0418. The van der Waals surface area contributed by atoms with Gasteiger partial charge in [-0.25, -0.2) is 0 Å². The van der Waals surface area contributed by atoms with Gasteiger partial charge in [0.2, 0.25) is 0 Å². The molecular weight excluding hydrogens is 328 g/mol. The molecule has 0 unspecified atom stereocenters. The van der Waals surface area contributed by atoms with Crippen molar-refractivity contribution in [3.63, 3.8) is 0 Å². The molecular formula is C21H20N2O3. The molecule has 0 aliphatic rings. The van der Waals surface area contributed by atoms with Gasteiger partial charge in [0.15, 0.2) is 0 Å². The summed E-state index contributed by atoms with van der Waals surface area (Å²) in [7, 11) is 0. The SMILES string of the molecule is Cc1ccc(N=Cc2ccc(-c3cc(C)c(C)cc3[N+](=O)[O-])o2)cc1C. The summed E-state index contributed by atoms with van der Waals surface area (Å²) in [5, 5.41) is 11.4. The van der Waals surface area contributed by atoms with E-state index in [-0.39, 0.29) is 10.6 Å². The Morgan fingerprint density at radius 2 is 1.62 bits per heavy atom. The van der Waals surface area contributed by atoms with Gasteiger partial charge in [-0.3, -0.25) is 15.1 Å². The monoisotopic (exact) mass is 348 g/mol. The van der Waals surface area contributed by atoms with Crippen molar-refractivity contribution in [3.8, 4) is 11.3 Å². The summed E-state index contributed by atoms with van der Waals surface area (Å²) in [5.74, 6) is 1.01. The fourth-order valence-corrected chi connectivity index (χ4v) is 2.66. The summed E-state index contributed by atoms with van der Waals surface area (Å²) in [6, 6.07) is 12.8. The number of hydrogen-bond acceptors (Lipinski definition) is 4. The number of nitro groups is 1. The Labute approximate surface area is 152 Å². The molecule has 0 saturated carbocycles. The van der Waals surface area contributed by atoms with Crippen LogP contribution in [0.25, 0.3) is 11.3 Å². The Kier molecular flexibility index (Phi) is 4.71. The maximum atomic E-state index is 11.4. The van der Waals surface area contributed by atoms with Gasteiger partial charge >= 0.3 is 0 Å². The Balaban J connectivity index is 1.93. The van der Waals surface area contributed by atoms with Gasteiger partial charge in [0.1, 0.15) is 11.5 Å². The summed E-state index contributed by atoms with van der Waals surface area (Å²) in [4.78, 5) is 15.4. The Hall–Kier alpha value is -3.21. The van der Waals surface area contributed by atoms with E-state index in [1.54, 1.807) is 30.5 Å². The van der Waals surface area contributed by atoms with Crippen molar-refractivity contribution in [2.24, 2.45) is 4.99 Å². The molecule has 0 bridgehead atoms. The number of aryl methyl sites for hydroxylation is 4. The lowest BCUT2D eigenvalue weighted by molar-refractivity contribution is -0.384. The van der Waals surface area contributed by atoms with Gasteiger partial charge in [-0.15, -0.1) is 0 Å². The van der Waals surface area contributed by atoms with Crippen LogP contribution in [0.5, 0.6) is 0 Å². The van der Waals surface area contributed by atoms with E-state index in [1.165, 1.54) is 11.1 Å². The van der Waals surface area contributed by atoms with Crippen molar-refractivity contribution in [3.05, 3.63) is 80.6 Å². The smallest absolute Gasteiger partial charge is 0.280 e. The van der Waals surface area contributed by atoms with E-state index in [9.17, 15) is 10.1 Å². The molecule has 0 aliphatic carbocycles. The van der Waals surface area contributed by atoms with E-state index in [4.69, 9.17) is 4.42 Å². The first kappa shape index (κ1) is 17.6. The second-order valence-corrected chi connectivity index (χ2v) is 6.44. The molecule has 0 N–H and O–H groups in total. The zero-order valence-electron chi connectivity index (χ0n) is 15.2. The highest BCUT2D eigenvalue weighted by atomic mass is 16.6. The van der Waals surface area contributed by atoms with Crippen LogP contribution in [0.2, 0.25) is 0 Å². The second kappa shape index (κ2) is 6.96. The number of aliphatic imine (C=N–C) groups is 1. The topological polar surface area (TPSA) is 68.6 Å². The Bertz CT molecular complexity index is 1020. The normalized spacial score (nSPS) is 11.2. The van der Waals surface area contributed by atoms with Gasteiger partial charge in [0.05, 0.1) is 22.4 Å². The van der Waals surface area contributed by atoms with Crippen LogP contribution in [-0.4, -0.2) is 11.1 Å². The molecule has 0 atom stereocenters. The van der Waals surface area contributed by atoms with Crippen LogP contribution in [-0.2, 0) is 0 Å². The molecule has 5 heteroatoms. The molecule has 0 aliphatic heterocycles. The Morgan fingerprint density at radius 1 is 0.923 bits per heavy atom. The van der Waals surface area contributed by atoms with Crippen molar-refractivity contribution in [2.45, 2.75) is 27.7 Å². The number of rotatable bonds is 4. The molecule has 0 radical (unpaired) electrons. The first-order chi connectivity index (χ1) is 12.3. The summed E-state index contributed by atoms with van der Waals surface area (Å²) in [6.07, 6.45) is 1.63. The van der Waals surface area contributed by atoms with E-state index in [2.05, 4.69) is 11.9 Å². The zero-order valence-corrected chi connectivity index (χ0v) is 15.2. The average molecular weight is 348 g/mol. The van der Waals surface area contributed by atoms with Crippen LogP contribution < -0.4 is 0 Å². The van der Waals surface area contributed by atoms with Gasteiger partial charge in [-0.05, 0) is 80.3 Å². The highest BCUT2D eigenvalue weighted by molar-refractivity contribution is 5.81. The Morgan fingerprint density at radius 3 is 2.31 bits per heavy atom. The van der Waals surface area contributed by atoms with Gasteiger partial charge in [0, 0.05) is 6.07 Å². The van der Waals surface area contributed by atoms with Crippen molar-refractivity contribution in [2.75, 3.05) is 0 Å². The zero-order chi connectivity index (χ0) is 18.8. The van der Waals surface area contributed by atoms with Crippen molar-refractivity contribution in [1.82, 2.24) is 0 Å². The van der Waals surface area contributed by atoms with E-state index in [0.29, 0.717) is 17.1 Å². The molecule has 0 amide bonds. The maximum Gasteiger partial charge on any atom is 0.280 e. The number of nitro benzene ring substituents is 1. The quantitative estimate of drug-likeness (QED) is 0.338. The van der Waals surface area contributed by atoms with Crippen LogP contribution in [0.1, 0.15) is 28.0 Å². The fraction of sp³-hybridized carbons (Fsp3) is 0.190. The lowest BCUT2D eigenvalue weighted by Crippen LogP contribution is -1.94. The standard InChI is InChI=1S/C21H20N2O3/c1-13-5-6-17(9-14(13)2)22-12-18-7-8-21(26-18)19-10-15(3)16(4)11-20(19)23(24)25/h5-12H,1-4H3. The van der Waals surface area contributed by atoms with Crippen molar-refractivity contribution in [1.29, 1.82) is 0 Å². The highest BCUT2D eigenvalue weighted by Crippen LogP contribution is 2.33. The summed E-state index contributed by atoms with van der Waals surface area (Å²) in [6.45, 7) is 7.87. The molecule has 1 aromatic heterocycles. The van der Waals surface area contributed by atoms with Crippen molar-refractivity contribution < 1.29 is 9.34 Å². The molecule has 5 nitrogen and oxygen atoms in total. The largest absolute Gasteiger partial charge is 0.455 e. The predicted octanol–water partition coefficient (Wildman–Crippen LogP) is 5.84. The van der Waals surface area contributed by atoms with Gasteiger partial charge < -0.3 is 4.42 Å². The van der Waals surface area contributed by atoms with E-state index < -0.39 is 0 Å². The summed E-state index contributed by atoms with van der Waals surface area (Å²) < 4.78 is 5.78. The molecule has 2 aromatic carbocycles. The molecule has 1 heterocycles. The van der Waals surface area contributed by atoms with Crippen LogP contribution in [0.3, 0.4) is 0 Å². The minimum atomic E-state index is -0.382. The second-order valence-electron chi connectivity index (χ2n) is 6.44. The molecule has 0 saturated heterocycles. The first-order valence-electron chi connectivity index (χ1n) is 8.32. The van der Waals surface area contributed by atoms with Crippen LogP contribution >= 0.6 is 0 Å². The van der Waals surface area contributed by atoms with Crippen LogP contribution in [0.15, 0.2) is 51.9 Å². The van der Waals surface area contributed by atoms with Gasteiger partial charge in [-0.1, -0.05) is 6.07 Å². The lowest BCUT2D eigenvalue weighted by atomic mass is 10.0. The third kappa shape index (κ3) is 3.57. The summed E-state index contributed by atoms with van der Waals surface area (Å²) in [5.41, 5.74) is 5.60. The third-order valence-electron chi connectivity index (χ3n) is 4.53. The summed E-state index contributed by atoms with van der Waals surface area (Å²) >= 11 is 0. The molecule has 0 spiro atoms. The lowest BCUT2D eigenvalue weighted by Gasteiger charge is -2.04. The third-order valence-corrected chi connectivity index (χ3v) is 4.53. The number of nitrogens with zero attached hydrogens (tertiary/aromatic N) is 2. The average Bonchev–Trinajstić information content (AvgIpc) is 3.06. The van der Waals surface area contributed by atoms with Crippen LogP contribution in [0, 0.1) is 37.8 Å². The first-order valence-corrected chi connectivity index (χ1v) is 8.32. The molecule has 0 fully saturated rings. The molecule has 132 valence electrons. The van der Waals surface area contributed by atoms with Crippen LogP contribution in [0.4, 0.5) is 11.4 Å². The van der Waals surface area contributed by atoms with Crippen molar-refractivity contribution >= 4 is 17.6 Å². The minimum Gasteiger partial charge on any atom is -0.455 e. The van der Waals surface area contributed by atoms with E-state index in [1.807, 2.05) is 39.0 Å². The fourth-order valence-electron chi connectivity index (χ4n) is 2.66.